The van der Waals surface area contributed by atoms with Gasteiger partial charge in [-0.05, 0) is 25.2 Å². The van der Waals surface area contributed by atoms with Gasteiger partial charge in [0, 0.05) is 0 Å². The minimum Gasteiger partial charge on any atom is -0.465 e. The molecule has 1 saturated carbocycles. The van der Waals surface area contributed by atoms with E-state index in [-0.39, 0.29) is 11.4 Å². The van der Waals surface area contributed by atoms with E-state index >= 15 is 0 Å². The highest BCUT2D eigenvalue weighted by Crippen LogP contribution is 2.47. The van der Waals surface area contributed by atoms with Gasteiger partial charge in [-0.3, -0.25) is 4.79 Å². The van der Waals surface area contributed by atoms with E-state index in [2.05, 4.69) is 20.8 Å². The topological polar surface area (TPSA) is 26.3 Å². The van der Waals surface area contributed by atoms with Gasteiger partial charge in [-0.1, -0.05) is 40.0 Å². The third-order valence-electron chi connectivity index (χ3n) is 3.42. The average molecular weight is 212 g/mol. The maximum absolute atomic E-state index is 11.0. The molecule has 2 nitrogen and oxygen atoms in total. The first-order valence-corrected chi connectivity index (χ1v) is 6.28. The molecule has 1 saturated heterocycles. The van der Waals surface area contributed by atoms with Crippen molar-refractivity contribution in [1.82, 2.24) is 0 Å². The van der Waals surface area contributed by atoms with Crippen molar-refractivity contribution in [2.24, 2.45) is 11.3 Å². The van der Waals surface area contributed by atoms with Crippen molar-refractivity contribution in [3.63, 3.8) is 0 Å². The van der Waals surface area contributed by atoms with Crippen LogP contribution in [0.4, 0.5) is 0 Å². The number of hydrogen-bond donors (Lipinski definition) is 0. The predicted molar refractivity (Wildman–Crippen MR) is 61.6 cm³/mol. The van der Waals surface area contributed by atoms with E-state index < -0.39 is 0 Å². The summed E-state index contributed by atoms with van der Waals surface area (Å²) in [5.74, 6) is 0.962. The van der Waals surface area contributed by atoms with Crippen molar-refractivity contribution in [2.45, 2.75) is 59.3 Å². The monoisotopic (exact) mass is 212 g/mol. The third-order valence-corrected chi connectivity index (χ3v) is 3.42. The Bertz CT molecular complexity index is 205. The summed E-state index contributed by atoms with van der Waals surface area (Å²) in [7, 11) is 0. The molecule has 2 rings (SSSR count). The van der Waals surface area contributed by atoms with Crippen molar-refractivity contribution in [3.8, 4) is 0 Å². The van der Waals surface area contributed by atoms with Crippen LogP contribution in [0.15, 0.2) is 0 Å². The summed E-state index contributed by atoms with van der Waals surface area (Å²) in [6.07, 6.45) is 7.05. The van der Waals surface area contributed by atoms with Gasteiger partial charge in [-0.2, -0.15) is 0 Å². The summed E-state index contributed by atoms with van der Waals surface area (Å²) in [6.45, 7) is 7.39. The summed E-state index contributed by atoms with van der Waals surface area (Å²) < 4.78 is 4.87. The van der Waals surface area contributed by atoms with Crippen LogP contribution in [-0.4, -0.2) is 12.6 Å². The maximum atomic E-state index is 11.0. The molecule has 1 heterocycles. The number of hydrogen-bond acceptors (Lipinski definition) is 2. The van der Waals surface area contributed by atoms with Crippen LogP contribution in [0.2, 0.25) is 0 Å². The zero-order valence-corrected chi connectivity index (χ0v) is 10.3. The lowest BCUT2D eigenvalue weighted by Crippen LogP contribution is -2.33. The van der Waals surface area contributed by atoms with Crippen LogP contribution in [0.1, 0.15) is 59.3 Å². The van der Waals surface area contributed by atoms with E-state index in [0.29, 0.717) is 6.61 Å². The molecule has 1 spiro atoms. The molecule has 0 aromatic carbocycles. The number of rotatable bonds is 2. The largest absolute Gasteiger partial charge is 0.465 e. The minimum absolute atomic E-state index is 0.0139. The van der Waals surface area contributed by atoms with Crippen molar-refractivity contribution >= 4 is 5.97 Å². The van der Waals surface area contributed by atoms with Crippen molar-refractivity contribution in [2.75, 3.05) is 6.61 Å². The highest BCUT2D eigenvalue weighted by Gasteiger charge is 2.48. The Morgan fingerprint density at radius 1 is 1.33 bits per heavy atom. The Balaban J connectivity index is 0.000000167. The van der Waals surface area contributed by atoms with E-state index in [4.69, 9.17) is 4.74 Å². The molecule has 0 N–H and O–H groups in total. The van der Waals surface area contributed by atoms with Crippen molar-refractivity contribution < 1.29 is 9.53 Å². The molecule has 88 valence electrons. The molecule has 0 aromatic rings. The minimum atomic E-state index is 0.0139. The van der Waals surface area contributed by atoms with Gasteiger partial charge in [0.05, 0.1) is 12.0 Å². The molecule has 15 heavy (non-hydrogen) atoms. The van der Waals surface area contributed by atoms with E-state index in [0.717, 1.165) is 25.2 Å². The van der Waals surface area contributed by atoms with Gasteiger partial charge in [0.25, 0.3) is 0 Å². The van der Waals surface area contributed by atoms with Gasteiger partial charge in [0.15, 0.2) is 0 Å². The van der Waals surface area contributed by atoms with Crippen LogP contribution in [0.3, 0.4) is 0 Å². The van der Waals surface area contributed by atoms with E-state index in [1.165, 1.54) is 19.3 Å². The van der Waals surface area contributed by atoms with Gasteiger partial charge in [0.2, 0.25) is 0 Å². The average Bonchev–Trinajstić information content (AvgIpc) is 2.46. The molecule has 2 aliphatic rings. The van der Waals surface area contributed by atoms with Crippen molar-refractivity contribution in [1.29, 1.82) is 0 Å². The first kappa shape index (κ1) is 12.5. The summed E-state index contributed by atoms with van der Waals surface area (Å²) in [5, 5.41) is 0. The van der Waals surface area contributed by atoms with E-state index in [9.17, 15) is 4.79 Å². The van der Waals surface area contributed by atoms with Gasteiger partial charge < -0.3 is 4.74 Å². The molecule has 0 amide bonds. The fourth-order valence-corrected chi connectivity index (χ4v) is 2.23. The standard InChI is InChI=1S/C7H10O2.C6H14/c8-6-7(2-1-3-7)4-5-9-6;1-4-5-6(2)3/h1-5H2;6H,4-5H2,1-3H3. The smallest absolute Gasteiger partial charge is 0.312 e. The molecule has 1 aliphatic carbocycles. The molecule has 0 unspecified atom stereocenters. The van der Waals surface area contributed by atoms with Crippen LogP contribution in [-0.2, 0) is 9.53 Å². The second-order valence-electron chi connectivity index (χ2n) is 5.20. The van der Waals surface area contributed by atoms with Gasteiger partial charge in [-0.15, -0.1) is 0 Å². The SMILES string of the molecule is CCCC(C)C.O=C1OCCC12CCC2. The van der Waals surface area contributed by atoms with Gasteiger partial charge in [-0.25, -0.2) is 0 Å². The number of ether oxygens (including phenoxy) is 1. The van der Waals surface area contributed by atoms with Gasteiger partial charge in [0.1, 0.15) is 0 Å². The highest BCUT2D eigenvalue weighted by molar-refractivity contribution is 5.79. The fourth-order valence-electron chi connectivity index (χ4n) is 2.23. The lowest BCUT2D eigenvalue weighted by Gasteiger charge is -2.33. The van der Waals surface area contributed by atoms with E-state index in [1.54, 1.807) is 0 Å². The van der Waals surface area contributed by atoms with Crippen LogP contribution < -0.4 is 0 Å². The van der Waals surface area contributed by atoms with Crippen LogP contribution >= 0.6 is 0 Å². The number of esters is 1. The number of carbonyl (C=O) groups is 1. The predicted octanol–water partition coefficient (Wildman–Crippen LogP) is 3.55. The number of carbonyl (C=O) groups excluding carboxylic acids is 1. The molecule has 1 aliphatic heterocycles. The Morgan fingerprint density at radius 2 is 2.00 bits per heavy atom. The molecule has 0 aromatic heterocycles. The van der Waals surface area contributed by atoms with Crippen LogP contribution in [0.25, 0.3) is 0 Å². The fraction of sp³-hybridized carbons (Fsp3) is 0.923. The first-order chi connectivity index (χ1) is 7.10. The Kier molecular flexibility index (Phi) is 4.62. The van der Waals surface area contributed by atoms with E-state index in [1.807, 2.05) is 0 Å². The third kappa shape index (κ3) is 3.22. The second-order valence-corrected chi connectivity index (χ2v) is 5.20. The highest BCUT2D eigenvalue weighted by atomic mass is 16.5. The zero-order chi connectivity index (χ0) is 11.3. The summed E-state index contributed by atoms with van der Waals surface area (Å²) >= 11 is 0. The summed E-state index contributed by atoms with van der Waals surface area (Å²) in [4.78, 5) is 11.0. The molecular weight excluding hydrogens is 188 g/mol. The Labute approximate surface area is 93.4 Å². The lowest BCUT2D eigenvalue weighted by molar-refractivity contribution is -0.150. The Morgan fingerprint density at radius 3 is 2.13 bits per heavy atom. The molecule has 0 radical (unpaired) electrons. The first-order valence-electron chi connectivity index (χ1n) is 6.28. The second kappa shape index (κ2) is 5.53. The lowest BCUT2D eigenvalue weighted by atomic mass is 9.68. The van der Waals surface area contributed by atoms with Crippen molar-refractivity contribution in [3.05, 3.63) is 0 Å². The number of cyclic esters (lactones) is 1. The molecule has 2 heteroatoms. The summed E-state index contributed by atoms with van der Waals surface area (Å²) in [6, 6.07) is 0. The molecule has 2 fully saturated rings. The van der Waals surface area contributed by atoms with Crippen LogP contribution in [0.5, 0.6) is 0 Å². The summed E-state index contributed by atoms with van der Waals surface area (Å²) in [5.41, 5.74) is 0.0139. The maximum Gasteiger partial charge on any atom is 0.312 e. The quantitative estimate of drug-likeness (QED) is 0.654. The Hall–Kier alpha value is -0.530. The normalized spacial score (nSPS) is 22.0. The molecule has 0 bridgehead atoms. The van der Waals surface area contributed by atoms with Gasteiger partial charge >= 0.3 is 5.97 Å². The van der Waals surface area contributed by atoms with Crippen LogP contribution in [0, 0.1) is 11.3 Å². The zero-order valence-electron chi connectivity index (χ0n) is 10.3. The molecular formula is C13H24O2. The molecule has 0 atom stereocenters.